The van der Waals surface area contributed by atoms with Crippen LogP contribution in [0.3, 0.4) is 0 Å². The maximum Gasteiger partial charge on any atom is 0.128 e. The third-order valence-corrected chi connectivity index (χ3v) is 3.11. The van der Waals surface area contributed by atoms with Crippen LogP contribution in [0, 0.1) is 19.7 Å². The fourth-order valence-corrected chi connectivity index (χ4v) is 2.15. The summed E-state index contributed by atoms with van der Waals surface area (Å²) in [4.78, 5) is 0. The molecule has 1 aromatic carbocycles. The molecular formula is C16H20FNO. The Morgan fingerprint density at radius 3 is 2.63 bits per heavy atom. The smallest absolute Gasteiger partial charge is 0.128 e. The number of aryl methyl sites for hydroxylation is 2. The molecule has 1 aromatic heterocycles. The fraction of sp³-hybridized carbons (Fsp3) is 0.375. The number of halogens is 1. The molecule has 2 nitrogen and oxygen atoms in total. The molecule has 0 saturated heterocycles. The lowest BCUT2D eigenvalue weighted by molar-refractivity contribution is 0.422. The van der Waals surface area contributed by atoms with Gasteiger partial charge in [-0.3, -0.25) is 0 Å². The summed E-state index contributed by atoms with van der Waals surface area (Å²) in [6, 6.07) is 8.76. The molecule has 0 spiro atoms. The summed E-state index contributed by atoms with van der Waals surface area (Å²) >= 11 is 0. The molecule has 0 fully saturated rings. The van der Waals surface area contributed by atoms with Crippen LogP contribution in [0.25, 0.3) is 0 Å². The van der Waals surface area contributed by atoms with Gasteiger partial charge in [0, 0.05) is 5.56 Å². The zero-order chi connectivity index (χ0) is 13.8. The van der Waals surface area contributed by atoms with Gasteiger partial charge in [-0.15, -0.1) is 0 Å². The van der Waals surface area contributed by atoms with Crippen molar-refractivity contribution in [3.8, 4) is 0 Å². The van der Waals surface area contributed by atoms with E-state index in [1.165, 1.54) is 6.07 Å². The Hall–Kier alpha value is -1.61. The van der Waals surface area contributed by atoms with Gasteiger partial charge in [-0.1, -0.05) is 24.6 Å². The Kier molecular flexibility index (Phi) is 4.38. The summed E-state index contributed by atoms with van der Waals surface area (Å²) < 4.78 is 19.7. The highest BCUT2D eigenvalue weighted by atomic mass is 19.1. The normalized spacial score (nSPS) is 12.6. The van der Waals surface area contributed by atoms with Crippen molar-refractivity contribution in [2.75, 3.05) is 6.54 Å². The Morgan fingerprint density at radius 2 is 2.00 bits per heavy atom. The zero-order valence-corrected chi connectivity index (χ0v) is 11.7. The van der Waals surface area contributed by atoms with E-state index in [2.05, 4.69) is 12.2 Å². The number of nitrogens with one attached hydrogen (secondary N) is 1. The maximum atomic E-state index is 14.1. The summed E-state index contributed by atoms with van der Waals surface area (Å²) in [5.74, 6) is 1.40. The maximum absolute atomic E-state index is 14.1. The van der Waals surface area contributed by atoms with Crippen LogP contribution in [-0.2, 0) is 0 Å². The second-order valence-corrected chi connectivity index (χ2v) is 4.86. The molecule has 0 amide bonds. The van der Waals surface area contributed by atoms with E-state index in [0.29, 0.717) is 5.56 Å². The predicted octanol–water partition coefficient (Wildman–Crippen LogP) is 4.12. The predicted molar refractivity (Wildman–Crippen MR) is 74.7 cm³/mol. The molecule has 2 aromatic rings. The quantitative estimate of drug-likeness (QED) is 0.875. The van der Waals surface area contributed by atoms with E-state index >= 15 is 0 Å². The average Bonchev–Trinajstić information content (AvgIpc) is 2.80. The summed E-state index contributed by atoms with van der Waals surface area (Å²) in [6.07, 6.45) is 0.990. The van der Waals surface area contributed by atoms with E-state index < -0.39 is 0 Å². The van der Waals surface area contributed by atoms with E-state index in [-0.39, 0.29) is 11.9 Å². The van der Waals surface area contributed by atoms with E-state index in [1.54, 1.807) is 6.07 Å². The molecule has 0 radical (unpaired) electrons. The molecule has 1 unspecified atom stereocenters. The highest BCUT2D eigenvalue weighted by molar-refractivity contribution is 5.32. The number of hydrogen-bond donors (Lipinski definition) is 1. The van der Waals surface area contributed by atoms with E-state index in [4.69, 9.17) is 4.42 Å². The summed E-state index contributed by atoms with van der Waals surface area (Å²) in [6.45, 7) is 6.77. The number of hydrogen-bond acceptors (Lipinski definition) is 2. The highest BCUT2D eigenvalue weighted by Crippen LogP contribution is 2.26. The first-order valence-electron chi connectivity index (χ1n) is 6.67. The molecule has 2 rings (SSSR count). The SMILES string of the molecule is CCCNC(c1ccc(C)o1)c1cc(C)ccc1F. The minimum atomic E-state index is -0.228. The monoisotopic (exact) mass is 261 g/mol. The van der Waals surface area contributed by atoms with Gasteiger partial charge in [-0.2, -0.15) is 0 Å². The van der Waals surface area contributed by atoms with Crippen LogP contribution < -0.4 is 5.32 Å². The standard InChI is InChI=1S/C16H20FNO/c1-4-9-18-16(15-8-6-12(3)19-15)13-10-11(2)5-7-14(13)17/h5-8,10,16,18H,4,9H2,1-3H3. The lowest BCUT2D eigenvalue weighted by atomic mass is 10.0. The molecule has 3 heteroatoms. The van der Waals surface area contributed by atoms with Crippen LogP contribution in [0.5, 0.6) is 0 Å². The van der Waals surface area contributed by atoms with Crippen molar-refractivity contribution in [2.24, 2.45) is 0 Å². The van der Waals surface area contributed by atoms with Crippen LogP contribution in [0.1, 0.15) is 42.0 Å². The summed E-state index contributed by atoms with van der Waals surface area (Å²) in [5, 5.41) is 3.35. The van der Waals surface area contributed by atoms with Gasteiger partial charge in [0.15, 0.2) is 0 Å². The molecule has 0 bridgehead atoms. The van der Waals surface area contributed by atoms with Gasteiger partial charge in [0.05, 0.1) is 6.04 Å². The van der Waals surface area contributed by atoms with Crippen molar-refractivity contribution in [1.29, 1.82) is 0 Å². The van der Waals surface area contributed by atoms with Crippen molar-refractivity contribution in [1.82, 2.24) is 5.32 Å². The van der Waals surface area contributed by atoms with Crippen molar-refractivity contribution in [2.45, 2.75) is 33.2 Å². The molecule has 0 aliphatic heterocycles. The van der Waals surface area contributed by atoms with Gasteiger partial charge >= 0.3 is 0 Å². The van der Waals surface area contributed by atoms with Crippen LogP contribution >= 0.6 is 0 Å². The highest BCUT2D eigenvalue weighted by Gasteiger charge is 2.20. The van der Waals surface area contributed by atoms with Gasteiger partial charge in [0.2, 0.25) is 0 Å². The summed E-state index contributed by atoms with van der Waals surface area (Å²) in [5.41, 5.74) is 1.69. The van der Waals surface area contributed by atoms with Crippen molar-refractivity contribution >= 4 is 0 Å². The van der Waals surface area contributed by atoms with Crippen LogP contribution in [-0.4, -0.2) is 6.54 Å². The Morgan fingerprint density at radius 1 is 1.21 bits per heavy atom. The van der Waals surface area contributed by atoms with Crippen molar-refractivity contribution < 1.29 is 8.81 Å². The molecule has 1 N–H and O–H groups in total. The number of benzene rings is 1. The number of rotatable bonds is 5. The van der Waals surface area contributed by atoms with Crippen molar-refractivity contribution in [3.05, 3.63) is 58.8 Å². The van der Waals surface area contributed by atoms with E-state index in [9.17, 15) is 4.39 Å². The van der Waals surface area contributed by atoms with Gasteiger partial charge in [-0.05, 0) is 45.0 Å². The first kappa shape index (κ1) is 13.8. The second kappa shape index (κ2) is 6.02. The van der Waals surface area contributed by atoms with Gasteiger partial charge in [-0.25, -0.2) is 4.39 Å². The minimum Gasteiger partial charge on any atom is -0.464 e. The number of furan rings is 1. The molecule has 102 valence electrons. The average molecular weight is 261 g/mol. The Labute approximate surface area is 113 Å². The van der Waals surface area contributed by atoms with Crippen LogP contribution in [0.15, 0.2) is 34.7 Å². The Bertz CT molecular complexity index is 547. The van der Waals surface area contributed by atoms with E-state index in [1.807, 2.05) is 32.0 Å². The Balaban J connectivity index is 2.39. The van der Waals surface area contributed by atoms with Gasteiger partial charge in [0.1, 0.15) is 17.3 Å². The van der Waals surface area contributed by atoms with Gasteiger partial charge in [0.25, 0.3) is 0 Å². The van der Waals surface area contributed by atoms with Crippen LogP contribution in [0.2, 0.25) is 0 Å². The molecule has 0 aliphatic carbocycles. The first-order valence-corrected chi connectivity index (χ1v) is 6.67. The van der Waals surface area contributed by atoms with Gasteiger partial charge < -0.3 is 9.73 Å². The lowest BCUT2D eigenvalue weighted by Gasteiger charge is -2.18. The molecule has 1 atom stereocenters. The lowest BCUT2D eigenvalue weighted by Crippen LogP contribution is -2.23. The largest absolute Gasteiger partial charge is 0.464 e. The zero-order valence-electron chi connectivity index (χ0n) is 11.7. The third kappa shape index (κ3) is 3.24. The minimum absolute atomic E-state index is 0.201. The second-order valence-electron chi connectivity index (χ2n) is 4.86. The molecule has 1 heterocycles. The van der Waals surface area contributed by atoms with Crippen LogP contribution in [0.4, 0.5) is 4.39 Å². The topological polar surface area (TPSA) is 25.2 Å². The summed E-state index contributed by atoms with van der Waals surface area (Å²) in [7, 11) is 0. The fourth-order valence-electron chi connectivity index (χ4n) is 2.15. The molecular weight excluding hydrogens is 241 g/mol. The molecule has 19 heavy (non-hydrogen) atoms. The molecule has 0 saturated carbocycles. The molecule has 0 aliphatic rings. The van der Waals surface area contributed by atoms with E-state index in [0.717, 1.165) is 30.0 Å². The first-order chi connectivity index (χ1) is 9.11. The third-order valence-electron chi connectivity index (χ3n) is 3.11. The van der Waals surface area contributed by atoms with Crippen molar-refractivity contribution in [3.63, 3.8) is 0 Å².